The summed E-state index contributed by atoms with van der Waals surface area (Å²) in [5.41, 5.74) is -0.0538. The molecule has 6 heteroatoms. The molecule has 1 aromatic rings. The molecule has 1 fully saturated rings. The quantitative estimate of drug-likeness (QED) is 0.840. The molecule has 2 amide bonds. The number of anilines is 1. The molecular weight excluding hydrogens is 339 g/mol. The topological polar surface area (TPSA) is 49.4 Å². The van der Waals surface area contributed by atoms with E-state index in [9.17, 15) is 14.0 Å². The van der Waals surface area contributed by atoms with Crippen LogP contribution in [-0.2, 0) is 9.59 Å². The molecule has 0 spiro atoms. The number of hydrogen-bond acceptors (Lipinski definition) is 2. The van der Waals surface area contributed by atoms with Gasteiger partial charge in [-0.1, -0.05) is 20.8 Å². The van der Waals surface area contributed by atoms with Gasteiger partial charge in [-0.25, -0.2) is 4.39 Å². The maximum Gasteiger partial charge on any atom is 0.250 e. The number of amides is 2. The summed E-state index contributed by atoms with van der Waals surface area (Å²) in [5, 5.41) is 2.75. The maximum atomic E-state index is 13.5. The largest absolute Gasteiger partial charge is 0.342 e. The lowest BCUT2D eigenvalue weighted by Crippen LogP contribution is -2.66. The second kappa shape index (κ2) is 5.40. The smallest absolute Gasteiger partial charge is 0.250 e. The number of nitrogens with one attached hydrogen (secondary N) is 1. The number of halogens is 2. The molecule has 1 aliphatic heterocycles. The Hall–Kier alpha value is -1.43. The van der Waals surface area contributed by atoms with Gasteiger partial charge in [0.05, 0.1) is 5.69 Å². The molecule has 2 rings (SSSR count). The number of piperazine rings is 1. The van der Waals surface area contributed by atoms with Crippen LogP contribution >= 0.6 is 15.9 Å². The zero-order valence-corrected chi connectivity index (χ0v) is 14.0. The van der Waals surface area contributed by atoms with Crippen molar-refractivity contribution in [1.82, 2.24) is 5.32 Å². The van der Waals surface area contributed by atoms with Gasteiger partial charge >= 0.3 is 0 Å². The first-order valence-electron chi connectivity index (χ1n) is 6.71. The van der Waals surface area contributed by atoms with Crippen molar-refractivity contribution in [2.75, 3.05) is 4.90 Å². The minimum absolute atomic E-state index is 0.235. The van der Waals surface area contributed by atoms with E-state index >= 15 is 0 Å². The molecule has 0 aliphatic carbocycles. The van der Waals surface area contributed by atoms with E-state index < -0.39 is 23.3 Å². The molecule has 1 saturated heterocycles. The zero-order chi connectivity index (χ0) is 15.9. The van der Waals surface area contributed by atoms with Gasteiger partial charge in [0, 0.05) is 4.47 Å². The molecular formula is C15H18BrFN2O2. The van der Waals surface area contributed by atoms with Crippen LogP contribution in [0.5, 0.6) is 0 Å². The second-order valence-electron chi connectivity index (χ2n) is 6.29. The molecule has 1 aromatic carbocycles. The van der Waals surface area contributed by atoms with Crippen LogP contribution in [0.1, 0.15) is 27.7 Å². The summed E-state index contributed by atoms with van der Waals surface area (Å²) in [4.78, 5) is 26.3. The van der Waals surface area contributed by atoms with E-state index in [0.29, 0.717) is 10.2 Å². The van der Waals surface area contributed by atoms with Crippen molar-refractivity contribution in [2.24, 2.45) is 5.41 Å². The van der Waals surface area contributed by atoms with Gasteiger partial charge < -0.3 is 5.32 Å². The van der Waals surface area contributed by atoms with Gasteiger partial charge in [-0.2, -0.15) is 0 Å². The van der Waals surface area contributed by atoms with Crippen molar-refractivity contribution in [3.8, 4) is 0 Å². The average Bonchev–Trinajstić information content (AvgIpc) is 2.36. The van der Waals surface area contributed by atoms with E-state index in [4.69, 9.17) is 0 Å². The molecule has 1 aliphatic rings. The lowest BCUT2D eigenvalue weighted by Gasteiger charge is -2.42. The molecule has 4 nitrogen and oxygen atoms in total. The van der Waals surface area contributed by atoms with E-state index in [1.54, 1.807) is 6.92 Å². The van der Waals surface area contributed by atoms with Gasteiger partial charge in [0.1, 0.15) is 17.9 Å². The Morgan fingerprint density at radius 3 is 2.48 bits per heavy atom. The van der Waals surface area contributed by atoms with Gasteiger partial charge in [-0.05, 0) is 46.5 Å². The van der Waals surface area contributed by atoms with Gasteiger partial charge in [-0.15, -0.1) is 0 Å². The third-order valence-corrected chi connectivity index (χ3v) is 4.24. The Balaban J connectivity index is 2.51. The second-order valence-corrected chi connectivity index (χ2v) is 7.14. The number of benzene rings is 1. The van der Waals surface area contributed by atoms with Crippen molar-refractivity contribution < 1.29 is 14.0 Å². The highest BCUT2D eigenvalue weighted by atomic mass is 79.9. The normalized spacial score (nSPS) is 23.2. The Labute approximate surface area is 131 Å². The highest BCUT2D eigenvalue weighted by molar-refractivity contribution is 9.10. The first kappa shape index (κ1) is 15.9. The molecule has 0 aromatic heterocycles. The summed E-state index contributed by atoms with van der Waals surface area (Å²) in [7, 11) is 0. The standard InChI is InChI=1S/C15H18BrFN2O2/c1-8-13(20)18-12(15(2,3)4)14(21)19(8)11-7-9(17)5-6-10(11)16/h5-8,12H,1-4H3,(H,18,20). The Kier molecular flexibility index (Phi) is 4.10. The van der Waals surface area contributed by atoms with Crippen LogP contribution in [-0.4, -0.2) is 23.9 Å². The first-order valence-corrected chi connectivity index (χ1v) is 7.50. The van der Waals surface area contributed by atoms with Gasteiger partial charge in [-0.3, -0.25) is 14.5 Å². The Bertz CT molecular complexity index is 598. The van der Waals surface area contributed by atoms with E-state index in [1.165, 1.54) is 23.1 Å². The average molecular weight is 357 g/mol. The van der Waals surface area contributed by atoms with Crippen LogP contribution in [0, 0.1) is 11.2 Å². The fraction of sp³-hybridized carbons (Fsp3) is 0.467. The number of rotatable bonds is 1. The van der Waals surface area contributed by atoms with Crippen LogP contribution in [0.15, 0.2) is 22.7 Å². The molecule has 1 heterocycles. The third kappa shape index (κ3) is 2.95. The van der Waals surface area contributed by atoms with Crippen LogP contribution in [0.4, 0.5) is 10.1 Å². The van der Waals surface area contributed by atoms with Crippen molar-refractivity contribution in [1.29, 1.82) is 0 Å². The predicted molar refractivity (Wildman–Crippen MR) is 82.4 cm³/mol. The monoisotopic (exact) mass is 356 g/mol. The van der Waals surface area contributed by atoms with Crippen LogP contribution < -0.4 is 10.2 Å². The fourth-order valence-corrected chi connectivity index (χ4v) is 2.79. The van der Waals surface area contributed by atoms with Crippen molar-refractivity contribution in [2.45, 2.75) is 39.8 Å². The molecule has 2 unspecified atom stereocenters. The molecule has 114 valence electrons. The number of carbonyl (C=O) groups is 2. The summed E-state index contributed by atoms with van der Waals surface area (Å²) in [6.45, 7) is 7.27. The van der Waals surface area contributed by atoms with E-state index in [1.807, 2.05) is 20.8 Å². The highest BCUT2D eigenvalue weighted by Gasteiger charge is 2.44. The summed E-state index contributed by atoms with van der Waals surface area (Å²) in [6, 6.07) is 2.76. The van der Waals surface area contributed by atoms with E-state index in [-0.39, 0.29) is 11.8 Å². The minimum atomic E-state index is -0.686. The Morgan fingerprint density at radius 2 is 1.90 bits per heavy atom. The molecule has 2 atom stereocenters. The Morgan fingerprint density at radius 1 is 1.29 bits per heavy atom. The van der Waals surface area contributed by atoms with Crippen LogP contribution in [0.2, 0.25) is 0 Å². The SMILES string of the molecule is CC1C(=O)NC(C(C)(C)C)C(=O)N1c1cc(F)ccc1Br. The summed E-state index contributed by atoms with van der Waals surface area (Å²) in [6.07, 6.45) is 0. The zero-order valence-electron chi connectivity index (χ0n) is 12.4. The number of hydrogen-bond donors (Lipinski definition) is 1. The molecule has 1 N–H and O–H groups in total. The van der Waals surface area contributed by atoms with Gasteiger partial charge in [0.15, 0.2) is 0 Å². The molecule has 0 radical (unpaired) electrons. The fourth-order valence-electron chi connectivity index (χ4n) is 2.36. The van der Waals surface area contributed by atoms with Crippen molar-refractivity contribution >= 4 is 33.4 Å². The van der Waals surface area contributed by atoms with Crippen molar-refractivity contribution in [3.05, 3.63) is 28.5 Å². The van der Waals surface area contributed by atoms with E-state index in [2.05, 4.69) is 21.2 Å². The number of carbonyl (C=O) groups excluding carboxylic acids is 2. The lowest BCUT2D eigenvalue weighted by atomic mass is 9.84. The summed E-state index contributed by atoms with van der Waals surface area (Å²) < 4.78 is 14.1. The first-order chi connectivity index (χ1) is 9.62. The predicted octanol–water partition coefficient (Wildman–Crippen LogP) is 2.85. The maximum absolute atomic E-state index is 13.5. The van der Waals surface area contributed by atoms with E-state index in [0.717, 1.165) is 0 Å². The molecule has 21 heavy (non-hydrogen) atoms. The summed E-state index contributed by atoms with van der Waals surface area (Å²) >= 11 is 3.32. The summed E-state index contributed by atoms with van der Waals surface area (Å²) in [5.74, 6) is -0.932. The molecule has 0 bridgehead atoms. The number of nitrogens with zero attached hydrogens (tertiary/aromatic N) is 1. The van der Waals surface area contributed by atoms with Crippen LogP contribution in [0.3, 0.4) is 0 Å². The lowest BCUT2D eigenvalue weighted by molar-refractivity contribution is -0.136. The van der Waals surface area contributed by atoms with Gasteiger partial charge in [0.25, 0.3) is 5.91 Å². The minimum Gasteiger partial charge on any atom is -0.342 e. The highest BCUT2D eigenvalue weighted by Crippen LogP contribution is 2.33. The van der Waals surface area contributed by atoms with Crippen molar-refractivity contribution in [3.63, 3.8) is 0 Å². The van der Waals surface area contributed by atoms with Gasteiger partial charge in [0.2, 0.25) is 5.91 Å². The van der Waals surface area contributed by atoms with Crippen LogP contribution in [0.25, 0.3) is 0 Å². The third-order valence-electron chi connectivity index (χ3n) is 3.57. The molecule has 0 saturated carbocycles.